The number of benzene rings is 3. The summed E-state index contributed by atoms with van der Waals surface area (Å²) in [5.74, 6) is -0.898. The minimum absolute atomic E-state index is 0.0255. The van der Waals surface area contributed by atoms with Gasteiger partial charge in [0.25, 0.3) is 0 Å². The van der Waals surface area contributed by atoms with Gasteiger partial charge < -0.3 is 10.2 Å². The molecular formula is C30H35Cl2N3O4S. The van der Waals surface area contributed by atoms with Crippen molar-refractivity contribution >= 4 is 50.7 Å². The summed E-state index contributed by atoms with van der Waals surface area (Å²) in [4.78, 5) is 29.1. The lowest BCUT2D eigenvalue weighted by Gasteiger charge is -2.34. The van der Waals surface area contributed by atoms with Gasteiger partial charge in [0.2, 0.25) is 21.8 Å². The number of aryl methyl sites for hydroxylation is 2. The molecule has 0 aliphatic rings. The highest BCUT2D eigenvalue weighted by atomic mass is 35.5. The molecule has 0 heterocycles. The molecule has 214 valence electrons. The van der Waals surface area contributed by atoms with E-state index in [1.807, 2.05) is 64.1 Å². The third kappa shape index (κ3) is 8.71. The molecule has 7 nitrogen and oxygen atoms in total. The monoisotopic (exact) mass is 603 g/mol. The SMILES string of the molecule is Cc1cc(C)cc(N(CC(=O)N(Cc2ccc(Cl)cc2Cl)C(Cc2ccccc2)C(=O)NC(C)C)S(C)(=O)=O)c1. The number of anilines is 1. The number of carbonyl (C=O) groups excluding carboxylic acids is 2. The van der Waals surface area contributed by atoms with E-state index in [1.165, 1.54) is 4.90 Å². The number of hydrogen-bond donors (Lipinski definition) is 1. The normalized spacial score (nSPS) is 12.2. The van der Waals surface area contributed by atoms with E-state index in [9.17, 15) is 18.0 Å². The van der Waals surface area contributed by atoms with Crippen LogP contribution in [0.25, 0.3) is 0 Å². The van der Waals surface area contributed by atoms with Gasteiger partial charge in [-0.25, -0.2) is 8.42 Å². The molecular weight excluding hydrogens is 569 g/mol. The van der Waals surface area contributed by atoms with Gasteiger partial charge in [-0.05, 0) is 74.2 Å². The summed E-state index contributed by atoms with van der Waals surface area (Å²) in [6, 6.07) is 18.5. The topological polar surface area (TPSA) is 86.8 Å². The predicted molar refractivity (Wildman–Crippen MR) is 162 cm³/mol. The molecule has 3 aromatic rings. The third-order valence-corrected chi connectivity index (χ3v) is 7.96. The Hall–Kier alpha value is -3.07. The number of carbonyl (C=O) groups is 2. The maximum atomic E-state index is 14.1. The second-order valence-corrected chi connectivity index (χ2v) is 13.0. The smallest absolute Gasteiger partial charge is 0.244 e. The number of rotatable bonds is 11. The predicted octanol–water partition coefficient (Wildman–Crippen LogP) is 5.54. The van der Waals surface area contributed by atoms with E-state index in [0.29, 0.717) is 21.3 Å². The summed E-state index contributed by atoms with van der Waals surface area (Å²) >= 11 is 12.6. The van der Waals surface area contributed by atoms with Crippen LogP contribution >= 0.6 is 23.2 Å². The quantitative estimate of drug-likeness (QED) is 0.312. The Morgan fingerprint density at radius 1 is 0.925 bits per heavy atom. The molecule has 3 aromatic carbocycles. The van der Waals surface area contributed by atoms with Crippen molar-refractivity contribution < 1.29 is 18.0 Å². The fraction of sp³-hybridized carbons (Fsp3) is 0.333. The van der Waals surface area contributed by atoms with Crippen molar-refractivity contribution in [3.05, 3.63) is 99.0 Å². The molecule has 1 atom stereocenters. The molecule has 0 aliphatic heterocycles. The Labute approximate surface area is 247 Å². The van der Waals surface area contributed by atoms with Crippen LogP contribution in [0.1, 0.15) is 36.1 Å². The van der Waals surface area contributed by atoms with E-state index in [4.69, 9.17) is 23.2 Å². The van der Waals surface area contributed by atoms with E-state index in [2.05, 4.69) is 5.32 Å². The zero-order valence-electron chi connectivity index (χ0n) is 23.3. The average molecular weight is 605 g/mol. The van der Waals surface area contributed by atoms with Gasteiger partial charge in [0.1, 0.15) is 12.6 Å². The fourth-order valence-electron chi connectivity index (χ4n) is 4.48. The molecule has 10 heteroatoms. The van der Waals surface area contributed by atoms with Gasteiger partial charge in [0.15, 0.2) is 0 Å². The van der Waals surface area contributed by atoms with Crippen molar-refractivity contribution in [2.24, 2.45) is 0 Å². The number of hydrogen-bond acceptors (Lipinski definition) is 4. The Bertz CT molecular complexity index is 1440. The van der Waals surface area contributed by atoms with Crippen molar-refractivity contribution in [1.29, 1.82) is 0 Å². The maximum Gasteiger partial charge on any atom is 0.244 e. The maximum absolute atomic E-state index is 14.1. The van der Waals surface area contributed by atoms with E-state index in [1.54, 1.807) is 30.3 Å². The van der Waals surface area contributed by atoms with E-state index in [-0.39, 0.29) is 24.9 Å². The minimum Gasteiger partial charge on any atom is -0.352 e. The molecule has 1 N–H and O–H groups in total. The van der Waals surface area contributed by atoms with Crippen molar-refractivity contribution in [3.63, 3.8) is 0 Å². The van der Waals surface area contributed by atoms with Gasteiger partial charge in [0.05, 0.1) is 11.9 Å². The lowest BCUT2D eigenvalue weighted by molar-refractivity contribution is -0.140. The van der Waals surface area contributed by atoms with Crippen LogP contribution in [0.15, 0.2) is 66.7 Å². The molecule has 0 saturated heterocycles. The summed E-state index contributed by atoms with van der Waals surface area (Å²) in [6.07, 6.45) is 1.28. The van der Waals surface area contributed by atoms with Crippen LogP contribution in [0, 0.1) is 13.8 Å². The lowest BCUT2D eigenvalue weighted by atomic mass is 10.0. The molecule has 0 aliphatic carbocycles. The molecule has 0 aromatic heterocycles. The van der Waals surface area contributed by atoms with Crippen molar-refractivity contribution in [3.8, 4) is 0 Å². The number of sulfonamides is 1. The zero-order chi connectivity index (χ0) is 29.6. The molecule has 2 amide bonds. The average Bonchev–Trinajstić information content (AvgIpc) is 2.84. The molecule has 0 fully saturated rings. The number of halogens is 2. The van der Waals surface area contributed by atoms with E-state index in [0.717, 1.165) is 27.3 Å². The van der Waals surface area contributed by atoms with Crippen LogP contribution < -0.4 is 9.62 Å². The van der Waals surface area contributed by atoms with E-state index >= 15 is 0 Å². The first-order chi connectivity index (χ1) is 18.7. The highest BCUT2D eigenvalue weighted by Gasteiger charge is 2.33. The number of nitrogens with one attached hydrogen (secondary N) is 1. The summed E-state index contributed by atoms with van der Waals surface area (Å²) in [5.41, 5.74) is 3.52. The van der Waals surface area contributed by atoms with Crippen molar-refractivity contribution in [2.75, 3.05) is 17.1 Å². The van der Waals surface area contributed by atoms with Gasteiger partial charge >= 0.3 is 0 Å². The first-order valence-corrected chi connectivity index (χ1v) is 15.5. The van der Waals surface area contributed by atoms with Crippen LogP contribution in [0.3, 0.4) is 0 Å². The lowest BCUT2D eigenvalue weighted by Crippen LogP contribution is -2.54. The van der Waals surface area contributed by atoms with Gasteiger partial charge in [0, 0.05) is 29.1 Å². The summed E-state index contributed by atoms with van der Waals surface area (Å²) in [6.45, 7) is 6.88. The Morgan fingerprint density at radius 2 is 1.55 bits per heavy atom. The minimum atomic E-state index is -3.85. The second kappa shape index (κ2) is 13.5. The first kappa shape index (κ1) is 31.5. The molecule has 3 rings (SSSR count). The number of nitrogens with zero attached hydrogens (tertiary/aromatic N) is 2. The van der Waals surface area contributed by atoms with E-state index < -0.39 is 28.5 Å². The highest BCUT2D eigenvalue weighted by Crippen LogP contribution is 2.26. The fourth-order valence-corrected chi connectivity index (χ4v) is 5.78. The zero-order valence-corrected chi connectivity index (χ0v) is 25.6. The molecule has 0 saturated carbocycles. The van der Waals surface area contributed by atoms with Gasteiger partial charge in [-0.2, -0.15) is 0 Å². The molecule has 0 spiro atoms. The van der Waals surface area contributed by atoms with Crippen LogP contribution in [-0.4, -0.2) is 50.0 Å². The van der Waals surface area contributed by atoms with Crippen LogP contribution in [0.5, 0.6) is 0 Å². The number of amides is 2. The van der Waals surface area contributed by atoms with Crippen LogP contribution in [0.2, 0.25) is 10.0 Å². The molecule has 0 radical (unpaired) electrons. The van der Waals surface area contributed by atoms with Gasteiger partial charge in [-0.15, -0.1) is 0 Å². The van der Waals surface area contributed by atoms with Gasteiger partial charge in [-0.1, -0.05) is 65.7 Å². The summed E-state index contributed by atoms with van der Waals surface area (Å²) in [5, 5.41) is 3.69. The van der Waals surface area contributed by atoms with Crippen LogP contribution in [0.4, 0.5) is 5.69 Å². The highest BCUT2D eigenvalue weighted by molar-refractivity contribution is 7.92. The summed E-state index contributed by atoms with van der Waals surface area (Å²) < 4.78 is 27.0. The second-order valence-electron chi connectivity index (χ2n) is 10.2. The van der Waals surface area contributed by atoms with Crippen molar-refractivity contribution in [1.82, 2.24) is 10.2 Å². The van der Waals surface area contributed by atoms with Gasteiger partial charge in [-0.3, -0.25) is 13.9 Å². The molecule has 0 bridgehead atoms. The molecule has 40 heavy (non-hydrogen) atoms. The Balaban J connectivity index is 2.10. The summed E-state index contributed by atoms with van der Waals surface area (Å²) in [7, 11) is -3.85. The Kier molecular flexibility index (Phi) is 10.6. The standard InChI is InChI=1S/C30H35Cl2N3O4S/c1-20(2)33-30(37)28(16-23-9-7-6-8-10-23)34(18-24-11-12-25(31)17-27(24)32)29(36)19-35(40(5,38)39)26-14-21(3)13-22(4)15-26/h6-15,17,20,28H,16,18-19H2,1-5H3,(H,33,37). The first-order valence-electron chi connectivity index (χ1n) is 12.9. The van der Waals surface area contributed by atoms with Crippen molar-refractivity contribution in [2.45, 2.75) is 52.7 Å². The largest absolute Gasteiger partial charge is 0.352 e. The van der Waals surface area contributed by atoms with Crippen LogP contribution in [-0.2, 0) is 32.6 Å². The Morgan fingerprint density at radius 3 is 2.10 bits per heavy atom. The third-order valence-electron chi connectivity index (χ3n) is 6.23. The molecule has 1 unspecified atom stereocenters.